The first-order valence-electron chi connectivity index (χ1n) is 7.58. The Kier molecular flexibility index (Phi) is 5.46. The number of aryl methyl sites for hydroxylation is 2. The third-order valence-electron chi connectivity index (χ3n) is 3.15. The topological polar surface area (TPSA) is 130 Å². The summed E-state index contributed by atoms with van der Waals surface area (Å²) >= 11 is 0. The molecule has 3 N–H and O–H groups in total. The molecule has 2 aromatic heterocycles. The Balaban J connectivity index is 2.30. The van der Waals surface area contributed by atoms with Gasteiger partial charge in [0, 0.05) is 24.2 Å². The molecule has 0 radical (unpaired) electrons. The molecule has 0 atom stereocenters. The summed E-state index contributed by atoms with van der Waals surface area (Å²) in [6, 6.07) is 3.04. The molecule has 0 bridgehead atoms. The van der Waals surface area contributed by atoms with Gasteiger partial charge in [-0.15, -0.1) is 0 Å². The minimum atomic E-state index is -1.05. The molecule has 0 aliphatic rings. The number of aromatic nitrogens is 4. The number of H-pyrrole nitrogens is 1. The van der Waals surface area contributed by atoms with E-state index < -0.39 is 11.9 Å². The maximum Gasteiger partial charge on any atom is 0.303 e. The van der Waals surface area contributed by atoms with Crippen LogP contribution >= 0.6 is 0 Å². The number of nitrogens with zero attached hydrogens (tertiary/aromatic N) is 3. The highest BCUT2D eigenvalue weighted by Crippen LogP contribution is 2.14. The number of carboxylic acid groups (broad SMARTS) is 1. The third kappa shape index (κ3) is 4.51. The summed E-state index contributed by atoms with van der Waals surface area (Å²) in [7, 11) is 0. The van der Waals surface area contributed by atoms with Gasteiger partial charge in [-0.3, -0.25) is 19.4 Å². The highest BCUT2D eigenvalue weighted by Gasteiger charge is 2.14. The van der Waals surface area contributed by atoms with Gasteiger partial charge in [0.1, 0.15) is 5.82 Å². The minimum Gasteiger partial charge on any atom is -0.481 e. The smallest absolute Gasteiger partial charge is 0.303 e. The predicted octanol–water partition coefficient (Wildman–Crippen LogP) is 1.02. The molecule has 1 amide bonds. The van der Waals surface area contributed by atoms with Crippen molar-refractivity contribution in [2.75, 3.05) is 5.32 Å². The maximum absolute atomic E-state index is 11.8. The molecule has 9 nitrogen and oxygen atoms in total. The number of carbonyl (C=O) groups excluding carboxylic acids is 1. The number of carboxylic acids is 1. The van der Waals surface area contributed by atoms with Crippen molar-refractivity contribution in [2.24, 2.45) is 0 Å². The van der Waals surface area contributed by atoms with Crippen LogP contribution in [-0.4, -0.2) is 36.7 Å². The van der Waals surface area contributed by atoms with Crippen LogP contribution < -0.4 is 10.9 Å². The molecule has 0 aliphatic carbocycles. The van der Waals surface area contributed by atoms with E-state index in [0.717, 1.165) is 6.42 Å². The molecule has 0 aromatic carbocycles. The van der Waals surface area contributed by atoms with Crippen LogP contribution in [-0.2, 0) is 16.0 Å². The number of amides is 1. The number of rotatable bonds is 7. The van der Waals surface area contributed by atoms with E-state index in [0.29, 0.717) is 23.6 Å². The molecule has 2 aromatic rings. The number of hydrogen-bond acceptors (Lipinski definition) is 5. The normalized spacial score (nSPS) is 10.6. The average molecular weight is 333 g/mol. The van der Waals surface area contributed by atoms with Crippen LogP contribution in [0.15, 0.2) is 16.9 Å². The zero-order valence-electron chi connectivity index (χ0n) is 13.5. The SMILES string of the molecule is CCCc1cc(=O)[nH]c(-n2nc(C)cc2NC(=O)CCC(=O)O)n1. The quantitative estimate of drug-likeness (QED) is 0.693. The van der Waals surface area contributed by atoms with Crippen molar-refractivity contribution >= 4 is 17.7 Å². The number of hydrogen-bond donors (Lipinski definition) is 3. The van der Waals surface area contributed by atoms with E-state index in [1.165, 1.54) is 10.7 Å². The van der Waals surface area contributed by atoms with Gasteiger partial charge < -0.3 is 10.4 Å². The van der Waals surface area contributed by atoms with Gasteiger partial charge in [0.05, 0.1) is 12.1 Å². The van der Waals surface area contributed by atoms with Crippen molar-refractivity contribution < 1.29 is 14.7 Å². The zero-order chi connectivity index (χ0) is 17.7. The van der Waals surface area contributed by atoms with Gasteiger partial charge in [-0.25, -0.2) is 4.98 Å². The Morgan fingerprint density at radius 1 is 1.33 bits per heavy atom. The molecule has 2 rings (SSSR count). The fourth-order valence-corrected chi connectivity index (χ4v) is 2.15. The molecule has 0 spiro atoms. The highest BCUT2D eigenvalue weighted by molar-refractivity contribution is 5.91. The first-order chi connectivity index (χ1) is 11.4. The first kappa shape index (κ1) is 17.4. The lowest BCUT2D eigenvalue weighted by Crippen LogP contribution is -2.19. The van der Waals surface area contributed by atoms with Gasteiger partial charge in [0.15, 0.2) is 0 Å². The molecule has 2 heterocycles. The third-order valence-corrected chi connectivity index (χ3v) is 3.15. The van der Waals surface area contributed by atoms with E-state index in [4.69, 9.17) is 5.11 Å². The second-order valence-corrected chi connectivity index (χ2v) is 5.34. The van der Waals surface area contributed by atoms with E-state index in [-0.39, 0.29) is 24.3 Å². The first-order valence-corrected chi connectivity index (χ1v) is 7.58. The molecule has 128 valence electrons. The average Bonchev–Trinajstić information content (AvgIpc) is 2.85. The van der Waals surface area contributed by atoms with Crippen LogP contribution in [0.5, 0.6) is 0 Å². The standard InChI is InChI=1S/C15H19N5O4/c1-3-4-10-8-13(22)18-15(16-10)20-11(7-9(2)19-20)17-12(21)5-6-14(23)24/h7-8H,3-6H2,1-2H3,(H,17,21)(H,23,24)(H,16,18,22). The Hall–Kier alpha value is -2.97. The van der Waals surface area contributed by atoms with E-state index in [1.807, 2.05) is 6.92 Å². The minimum absolute atomic E-state index is 0.153. The summed E-state index contributed by atoms with van der Waals surface area (Å²) in [6.45, 7) is 3.71. The van der Waals surface area contributed by atoms with Gasteiger partial charge in [-0.1, -0.05) is 13.3 Å². The molecule has 0 unspecified atom stereocenters. The van der Waals surface area contributed by atoms with Crippen molar-refractivity contribution in [1.82, 2.24) is 19.7 Å². The maximum atomic E-state index is 11.8. The molecule has 0 fully saturated rings. The van der Waals surface area contributed by atoms with E-state index in [9.17, 15) is 14.4 Å². The van der Waals surface area contributed by atoms with E-state index in [1.54, 1.807) is 13.0 Å². The zero-order valence-corrected chi connectivity index (χ0v) is 13.5. The van der Waals surface area contributed by atoms with Crippen LogP contribution in [0.3, 0.4) is 0 Å². The molecule has 0 aliphatic heterocycles. The lowest BCUT2D eigenvalue weighted by atomic mass is 10.2. The van der Waals surface area contributed by atoms with E-state index >= 15 is 0 Å². The van der Waals surface area contributed by atoms with Gasteiger partial charge in [0.25, 0.3) is 5.56 Å². The monoisotopic (exact) mass is 333 g/mol. The lowest BCUT2D eigenvalue weighted by Gasteiger charge is -2.08. The molecule has 0 saturated heterocycles. The van der Waals surface area contributed by atoms with Crippen LogP contribution in [0, 0.1) is 6.92 Å². The second kappa shape index (κ2) is 7.53. The Morgan fingerprint density at radius 2 is 2.08 bits per heavy atom. The number of nitrogens with one attached hydrogen (secondary N) is 2. The van der Waals surface area contributed by atoms with Crippen molar-refractivity contribution in [2.45, 2.75) is 39.5 Å². The van der Waals surface area contributed by atoms with Crippen molar-refractivity contribution in [3.05, 3.63) is 33.9 Å². The molecular formula is C15H19N5O4. The van der Waals surface area contributed by atoms with Gasteiger partial charge >= 0.3 is 5.97 Å². The summed E-state index contributed by atoms with van der Waals surface area (Å²) in [4.78, 5) is 41.1. The van der Waals surface area contributed by atoms with Crippen molar-refractivity contribution in [1.29, 1.82) is 0 Å². The van der Waals surface area contributed by atoms with Gasteiger partial charge in [-0.2, -0.15) is 9.78 Å². The van der Waals surface area contributed by atoms with Gasteiger partial charge in [0.2, 0.25) is 11.9 Å². The predicted molar refractivity (Wildman–Crippen MR) is 86.2 cm³/mol. The number of aromatic amines is 1. The fraction of sp³-hybridized carbons (Fsp3) is 0.400. The van der Waals surface area contributed by atoms with Crippen molar-refractivity contribution in [3.63, 3.8) is 0 Å². The summed E-state index contributed by atoms with van der Waals surface area (Å²) in [5, 5.41) is 15.4. The van der Waals surface area contributed by atoms with Crippen LogP contribution in [0.1, 0.15) is 37.6 Å². The summed E-state index contributed by atoms with van der Waals surface area (Å²) in [6.07, 6.45) is 1.07. The Bertz CT molecular complexity index is 808. The lowest BCUT2D eigenvalue weighted by molar-refractivity contribution is -0.138. The number of aliphatic carboxylic acids is 1. The molecule has 0 saturated carbocycles. The van der Waals surface area contributed by atoms with Crippen molar-refractivity contribution in [3.8, 4) is 5.95 Å². The Morgan fingerprint density at radius 3 is 2.75 bits per heavy atom. The second-order valence-electron chi connectivity index (χ2n) is 5.34. The molecular weight excluding hydrogens is 314 g/mol. The summed E-state index contributed by atoms with van der Waals surface area (Å²) in [5.41, 5.74) is 0.944. The fourth-order valence-electron chi connectivity index (χ4n) is 2.15. The largest absolute Gasteiger partial charge is 0.481 e. The highest BCUT2D eigenvalue weighted by atomic mass is 16.4. The van der Waals surface area contributed by atoms with Gasteiger partial charge in [-0.05, 0) is 13.3 Å². The Labute approximate surface area is 137 Å². The number of anilines is 1. The summed E-state index contributed by atoms with van der Waals surface area (Å²) < 4.78 is 1.33. The van der Waals surface area contributed by atoms with E-state index in [2.05, 4.69) is 20.4 Å². The van der Waals surface area contributed by atoms with Crippen LogP contribution in [0.4, 0.5) is 5.82 Å². The van der Waals surface area contributed by atoms with Crippen LogP contribution in [0.25, 0.3) is 5.95 Å². The molecule has 24 heavy (non-hydrogen) atoms. The van der Waals surface area contributed by atoms with Crippen LogP contribution in [0.2, 0.25) is 0 Å². The molecule has 9 heteroatoms. The summed E-state index contributed by atoms with van der Waals surface area (Å²) in [5.74, 6) is -0.981. The number of carbonyl (C=O) groups is 2.